The molecule has 1 rings (SSSR count). The van der Waals surface area contributed by atoms with Crippen LogP contribution in [0.15, 0.2) is 12.1 Å². The highest BCUT2D eigenvalue weighted by Gasteiger charge is 1.98. The van der Waals surface area contributed by atoms with E-state index in [0.29, 0.717) is 0 Å². The van der Waals surface area contributed by atoms with Crippen LogP contribution >= 0.6 is 0 Å². The molecular weight excluding hydrogens is 194 g/mol. The minimum Gasteiger partial charge on any atom is -0.362 e. The second kappa shape index (κ2) is 8.43. The summed E-state index contributed by atoms with van der Waals surface area (Å²) >= 11 is 0. The van der Waals surface area contributed by atoms with Gasteiger partial charge in [0.05, 0.1) is 0 Å². The second-order valence-corrected chi connectivity index (χ2v) is 4.78. The molecule has 0 fully saturated rings. The number of hydrogen-bond acceptors (Lipinski definition) is 0. The maximum atomic E-state index is 3.55. The van der Waals surface area contributed by atoms with Gasteiger partial charge in [-0.05, 0) is 37.8 Å². The Morgan fingerprint density at radius 1 is 0.750 bits per heavy atom. The molecule has 0 amide bonds. The fourth-order valence-electron chi connectivity index (χ4n) is 2.09. The summed E-state index contributed by atoms with van der Waals surface area (Å²) in [7, 11) is 0. The van der Waals surface area contributed by atoms with E-state index in [9.17, 15) is 0 Å². The van der Waals surface area contributed by atoms with Gasteiger partial charge >= 0.3 is 0 Å². The first-order valence-corrected chi connectivity index (χ1v) is 7.03. The van der Waals surface area contributed by atoms with E-state index in [1.54, 1.807) is 0 Å². The molecule has 0 saturated carbocycles. The monoisotopic (exact) mass is 221 g/mol. The number of H-pyrrole nitrogens is 1. The Kier molecular flexibility index (Phi) is 7.03. The van der Waals surface area contributed by atoms with E-state index in [0.717, 1.165) is 0 Å². The predicted molar refractivity (Wildman–Crippen MR) is 71.9 cm³/mol. The van der Waals surface area contributed by atoms with Crippen molar-refractivity contribution >= 4 is 0 Å². The fourth-order valence-corrected chi connectivity index (χ4v) is 2.09. The van der Waals surface area contributed by atoms with Crippen molar-refractivity contribution in [2.24, 2.45) is 0 Å². The van der Waals surface area contributed by atoms with Crippen LogP contribution in [0.25, 0.3) is 0 Å². The number of hydrogen-bond donors (Lipinski definition) is 1. The highest BCUT2D eigenvalue weighted by atomic mass is 14.7. The first-order valence-electron chi connectivity index (χ1n) is 7.03. The van der Waals surface area contributed by atoms with Gasteiger partial charge in [0.15, 0.2) is 0 Å². The van der Waals surface area contributed by atoms with E-state index in [4.69, 9.17) is 0 Å². The van der Waals surface area contributed by atoms with E-state index in [-0.39, 0.29) is 0 Å². The SMILES string of the molecule is CCCCCCc1ccc(CCCCC)[nH]1. The Balaban J connectivity index is 2.17. The lowest BCUT2D eigenvalue weighted by molar-refractivity contribution is 0.659. The minimum atomic E-state index is 1.23. The zero-order chi connectivity index (χ0) is 11.6. The molecule has 0 aromatic carbocycles. The van der Waals surface area contributed by atoms with Crippen molar-refractivity contribution in [3.63, 3.8) is 0 Å². The van der Waals surface area contributed by atoms with E-state index < -0.39 is 0 Å². The summed E-state index contributed by atoms with van der Waals surface area (Å²) in [6, 6.07) is 4.54. The quantitative estimate of drug-likeness (QED) is 0.573. The van der Waals surface area contributed by atoms with Crippen LogP contribution in [0.2, 0.25) is 0 Å². The van der Waals surface area contributed by atoms with Crippen molar-refractivity contribution < 1.29 is 0 Å². The first kappa shape index (κ1) is 13.3. The lowest BCUT2D eigenvalue weighted by Crippen LogP contribution is -1.89. The Labute approximate surface area is 101 Å². The van der Waals surface area contributed by atoms with Gasteiger partial charge in [-0.1, -0.05) is 46.0 Å². The van der Waals surface area contributed by atoms with Crippen LogP contribution in [0.3, 0.4) is 0 Å². The molecule has 1 nitrogen and oxygen atoms in total. The number of aryl methyl sites for hydroxylation is 2. The zero-order valence-electron chi connectivity index (χ0n) is 11.0. The summed E-state index contributed by atoms with van der Waals surface area (Å²) in [6.07, 6.45) is 11.9. The van der Waals surface area contributed by atoms with Crippen molar-refractivity contribution in [2.45, 2.75) is 71.6 Å². The van der Waals surface area contributed by atoms with Crippen LogP contribution in [0.1, 0.15) is 70.2 Å². The fraction of sp³-hybridized carbons (Fsp3) is 0.733. The summed E-state index contributed by atoms with van der Waals surface area (Å²) < 4.78 is 0. The smallest absolute Gasteiger partial charge is 0.0149 e. The van der Waals surface area contributed by atoms with Crippen molar-refractivity contribution in [2.75, 3.05) is 0 Å². The normalized spacial score (nSPS) is 10.9. The van der Waals surface area contributed by atoms with Gasteiger partial charge < -0.3 is 4.98 Å². The van der Waals surface area contributed by atoms with Gasteiger partial charge in [-0.15, -0.1) is 0 Å². The Bertz CT molecular complexity index is 262. The molecule has 1 aromatic heterocycles. The number of rotatable bonds is 9. The van der Waals surface area contributed by atoms with E-state index in [2.05, 4.69) is 31.0 Å². The summed E-state index contributed by atoms with van der Waals surface area (Å²) in [4.78, 5) is 3.55. The van der Waals surface area contributed by atoms with E-state index >= 15 is 0 Å². The lowest BCUT2D eigenvalue weighted by atomic mass is 10.1. The standard InChI is InChI=1S/C15H27N/c1-3-5-7-9-11-15-13-12-14(16-15)10-8-6-4-2/h12-13,16H,3-11H2,1-2H3. The molecule has 0 atom stereocenters. The molecule has 0 unspecified atom stereocenters. The van der Waals surface area contributed by atoms with Crippen molar-refractivity contribution in [1.82, 2.24) is 4.98 Å². The summed E-state index contributed by atoms with van der Waals surface area (Å²) in [5.74, 6) is 0. The van der Waals surface area contributed by atoms with Gasteiger partial charge in [0.2, 0.25) is 0 Å². The summed E-state index contributed by atoms with van der Waals surface area (Å²) in [5.41, 5.74) is 2.86. The maximum absolute atomic E-state index is 3.55. The van der Waals surface area contributed by atoms with Gasteiger partial charge in [0, 0.05) is 11.4 Å². The molecule has 1 heteroatoms. The molecule has 92 valence electrons. The summed E-state index contributed by atoms with van der Waals surface area (Å²) in [5, 5.41) is 0. The van der Waals surface area contributed by atoms with Gasteiger partial charge in [-0.25, -0.2) is 0 Å². The molecule has 0 saturated heterocycles. The van der Waals surface area contributed by atoms with Crippen molar-refractivity contribution in [1.29, 1.82) is 0 Å². The number of aromatic nitrogens is 1. The molecule has 1 N–H and O–H groups in total. The molecular formula is C15H27N. The highest BCUT2D eigenvalue weighted by molar-refractivity contribution is 5.13. The predicted octanol–water partition coefficient (Wildman–Crippen LogP) is 4.87. The van der Waals surface area contributed by atoms with Crippen molar-refractivity contribution in [3.8, 4) is 0 Å². The first-order chi connectivity index (χ1) is 7.86. The van der Waals surface area contributed by atoms with Crippen LogP contribution in [-0.4, -0.2) is 4.98 Å². The third-order valence-electron chi connectivity index (χ3n) is 3.16. The molecule has 0 aliphatic carbocycles. The summed E-state index contributed by atoms with van der Waals surface area (Å²) in [6.45, 7) is 4.52. The molecule has 0 aliphatic rings. The van der Waals surface area contributed by atoms with Gasteiger partial charge in [-0.3, -0.25) is 0 Å². The largest absolute Gasteiger partial charge is 0.362 e. The van der Waals surface area contributed by atoms with E-state index in [1.807, 2.05) is 0 Å². The molecule has 0 spiro atoms. The number of unbranched alkanes of at least 4 members (excludes halogenated alkanes) is 5. The maximum Gasteiger partial charge on any atom is 0.0149 e. The van der Waals surface area contributed by atoms with Gasteiger partial charge in [0.1, 0.15) is 0 Å². The third kappa shape index (κ3) is 5.39. The third-order valence-corrected chi connectivity index (χ3v) is 3.16. The van der Waals surface area contributed by atoms with Crippen LogP contribution in [0.4, 0.5) is 0 Å². The zero-order valence-corrected chi connectivity index (χ0v) is 11.0. The Morgan fingerprint density at radius 2 is 1.25 bits per heavy atom. The second-order valence-electron chi connectivity index (χ2n) is 4.78. The Morgan fingerprint density at radius 3 is 1.81 bits per heavy atom. The number of aromatic amines is 1. The molecule has 0 radical (unpaired) electrons. The van der Waals surface area contributed by atoms with Gasteiger partial charge in [-0.2, -0.15) is 0 Å². The van der Waals surface area contributed by atoms with Crippen LogP contribution < -0.4 is 0 Å². The molecule has 0 bridgehead atoms. The molecule has 0 aliphatic heterocycles. The van der Waals surface area contributed by atoms with Crippen molar-refractivity contribution in [3.05, 3.63) is 23.5 Å². The molecule has 1 heterocycles. The topological polar surface area (TPSA) is 15.8 Å². The van der Waals surface area contributed by atoms with Crippen LogP contribution in [0.5, 0.6) is 0 Å². The van der Waals surface area contributed by atoms with Gasteiger partial charge in [0.25, 0.3) is 0 Å². The van der Waals surface area contributed by atoms with Crippen LogP contribution in [-0.2, 0) is 12.8 Å². The molecule has 16 heavy (non-hydrogen) atoms. The average molecular weight is 221 g/mol. The van der Waals surface area contributed by atoms with E-state index in [1.165, 1.54) is 69.2 Å². The average Bonchev–Trinajstić information content (AvgIpc) is 2.73. The molecule has 1 aromatic rings. The Hall–Kier alpha value is -0.720. The lowest BCUT2D eigenvalue weighted by Gasteiger charge is -1.99. The van der Waals surface area contributed by atoms with Crippen LogP contribution in [0, 0.1) is 0 Å². The minimum absolute atomic E-state index is 1.23. The number of nitrogens with one attached hydrogen (secondary N) is 1. The highest BCUT2D eigenvalue weighted by Crippen LogP contribution is 2.10.